The number of benzene rings is 1. The maximum absolute atomic E-state index is 12.2. The molecule has 0 unspecified atom stereocenters. The van der Waals surface area contributed by atoms with Crippen LogP contribution in [0.25, 0.3) is 0 Å². The number of nitrogens with zero attached hydrogens (tertiary/aromatic N) is 2. The maximum atomic E-state index is 12.2. The Morgan fingerprint density at radius 2 is 2.08 bits per heavy atom. The highest BCUT2D eigenvalue weighted by molar-refractivity contribution is 5.79. The first kappa shape index (κ1) is 18.1. The van der Waals surface area contributed by atoms with E-state index in [1.165, 1.54) is 0 Å². The van der Waals surface area contributed by atoms with Crippen LogP contribution in [0.15, 0.2) is 24.3 Å². The number of methoxy groups -OCH3 is 1. The molecule has 24 heavy (non-hydrogen) atoms. The molecular formula is C18H27N3O3. The van der Waals surface area contributed by atoms with Crippen LogP contribution in [-0.4, -0.2) is 62.1 Å². The van der Waals surface area contributed by atoms with Crippen molar-refractivity contribution in [2.45, 2.75) is 19.8 Å². The third-order valence-electron chi connectivity index (χ3n) is 4.40. The monoisotopic (exact) mass is 333 g/mol. The third-order valence-corrected chi connectivity index (χ3v) is 4.40. The largest absolute Gasteiger partial charge is 0.497 e. The van der Waals surface area contributed by atoms with Crippen LogP contribution >= 0.6 is 0 Å². The second-order valence-corrected chi connectivity index (χ2v) is 6.21. The van der Waals surface area contributed by atoms with Crippen LogP contribution in [-0.2, 0) is 11.2 Å². The standard InChI is InChI=1S/C18H27N3O3/c1-4-21-13-15(11-17(21)22)12-20(2)18(23)19-10-9-14-5-7-16(24-3)8-6-14/h5-8,15H,4,9-13H2,1-3H3,(H,19,23)/t15-/m1/s1. The van der Waals surface area contributed by atoms with Crippen LogP contribution in [0.4, 0.5) is 4.79 Å². The van der Waals surface area contributed by atoms with E-state index in [1.54, 1.807) is 19.1 Å². The molecule has 1 aliphatic rings. The van der Waals surface area contributed by atoms with E-state index in [-0.39, 0.29) is 17.9 Å². The predicted molar refractivity (Wildman–Crippen MR) is 93.1 cm³/mol. The Hall–Kier alpha value is -2.24. The molecule has 6 heteroatoms. The molecule has 0 aliphatic carbocycles. The van der Waals surface area contributed by atoms with Gasteiger partial charge in [0.1, 0.15) is 5.75 Å². The van der Waals surface area contributed by atoms with Gasteiger partial charge in [-0.05, 0) is 31.0 Å². The summed E-state index contributed by atoms with van der Waals surface area (Å²) in [5.74, 6) is 1.25. The van der Waals surface area contributed by atoms with Crippen molar-refractivity contribution in [1.29, 1.82) is 0 Å². The van der Waals surface area contributed by atoms with Crippen molar-refractivity contribution >= 4 is 11.9 Å². The number of amides is 3. The van der Waals surface area contributed by atoms with Crippen LogP contribution in [0.2, 0.25) is 0 Å². The fourth-order valence-electron chi connectivity index (χ4n) is 2.99. The number of nitrogens with one attached hydrogen (secondary N) is 1. The summed E-state index contributed by atoms with van der Waals surface area (Å²) < 4.78 is 5.13. The molecule has 1 atom stereocenters. The Bertz CT molecular complexity index is 559. The average Bonchev–Trinajstić information content (AvgIpc) is 2.94. The number of carbonyl (C=O) groups excluding carboxylic acids is 2. The van der Waals surface area contributed by atoms with Gasteiger partial charge >= 0.3 is 6.03 Å². The molecule has 132 valence electrons. The average molecular weight is 333 g/mol. The Labute approximate surface area is 143 Å². The smallest absolute Gasteiger partial charge is 0.317 e. The van der Waals surface area contributed by atoms with Crippen molar-refractivity contribution in [3.63, 3.8) is 0 Å². The molecule has 0 bridgehead atoms. The van der Waals surface area contributed by atoms with Crippen molar-refractivity contribution in [2.75, 3.05) is 40.3 Å². The lowest BCUT2D eigenvalue weighted by atomic mass is 10.1. The van der Waals surface area contributed by atoms with Gasteiger partial charge in [0.2, 0.25) is 5.91 Å². The molecule has 2 rings (SSSR count). The van der Waals surface area contributed by atoms with Crippen molar-refractivity contribution in [2.24, 2.45) is 5.92 Å². The Morgan fingerprint density at radius 3 is 2.67 bits per heavy atom. The highest BCUT2D eigenvalue weighted by Crippen LogP contribution is 2.18. The first-order valence-corrected chi connectivity index (χ1v) is 8.43. The minimum Gasteiger partial charge on any atom is -0.497 e. The van der Waals surface area contributed by atoms with Crippen molar-refractivity contribution in [1.82, 2.24) is 15.1 Å². The summed E-state index contributed by atoms with van der Waals surface area (Å²) in [6, 6.07) is 7.74. The van der Waals surface area contributed by atoms with E-state index in [9.17, 15) is 9.59 Å². The Morgan fingerprint density at radius 1 is 1.38 bits per heavy atom. The first-order valence-electron chi connectivity index (χ1n) is 8.43. The molecule has 1 N–H and O–H groups in total. The summed E-state index contributed by atoms with van der Waals surface area (Å²) in [5, 5.41) is 2.93. The van der Waals surface area contributed by atoms with E-state index in [2.05, 4.69) is 5.32 Å². The van der Waals surface area contributed by atoms with E-state index in [0.29, 0.717) is 19.5 Å². The summed E-state index contributed by atoms with van der Waals surface area (Å²) >= 11 is 0. The lowest BCUT2D eigenvalue weighted by Gasteiger charge is -2.21. The molecule has 1 aromatic carbocycles. The summed E-state index contributed by atoms with van der Waals surface area (Å²) in [5.41, 5.74) is 1.15. The molecule has 6 nitrogen and oxygen atoms in total. The topological polar surface area (TPSA) is 61.9 Å². The van der Waals surface area contributed by atoms with Crippen LogP contribution in [0.3, 0.4) is 0 Å². The molecule has 0 aromatic heterocycles. The molecule has 0 saturated carbocycles. The summed E-state index contributed by atoms with van der Waals surface area (Å²) in [6.07, 6.45) is 1.31. The van der Waals surface area contributed by atoms with Gasteiger partial charge in [-0.25, -0.2) is 4.79 Å². The molecule has 1 aliphatic heterocycles. The number of likely N-dealkylation sites (tertiary alicyclic amines) is 1. The van der Waals surface area contributed by atoms with Crippen molar-refractivity contribution in [3.05, 3.63) is 29.8 Å². The van der Waals surface area contributed by atoms with Gasteiger partial charge in [-0.15, -0.1) is 0 Å². The molecule has 1 fully saturated rings. The Balaban J connectivity index is 1.70. The first-order chi connectivity index (χ1) is 11.5. The van der Waals surface area contributed by atoms with Crippen molar-refractivity contribution in [3.8, 4) is 5.75 Å². The molecule has 3 amide bonds. The highest BCUT2D eigenvalue weighted by atomic mass is 16.5. The fraction of sp³-hybridized carbons (Fsp3) is 0.556. The zero-order valence-electron chi connectivity index (χ0n) is 14.7. The van der Waals surface area contributed by atoms with Crippen molar-refractivity contribution < 1.29 is 14.3 Å². The fourth-order valence-corrected chi connectivity index (χ4v) is 2.99. The number of hydrogen-bond acceptors (Lipinski definition) is 3. The van der Waals surface area contributed by atoms with E-state index in [1.807, 2.05) is 36.1 Å². The molecular weight excluding hydrogens is 306 g/mol. The molecule has 0 radical (unpaired) electrons. The molecule has 0 spiro atoms. The number of ether oxygens (including phenoxy) is 1. The molecule has 1 heterocycles. The zero-order chi connectivity index (χ0) is 17.5. The zero-order valence-corrected chi connectivity index (χ0v) is 14.7. The quantitative estimate of drug-likeness (QED) is 0.827. The third kappa shape index (κ3) is 4.88. The van der Waals surface area contributed by atoms with Gasteiger partial charge in [0, 0.05) is 45.6 Å². The van der Waals surface area contributed by atoms with Gasteiger partial charge in [0.15, 0.2) is 0 Å². The van der Waals surface area contributed by atoms with Crippen LogP contribution < -0.4 is 10.1 Å². The van der Waals surface area contributed by atoms with E-state index in [0.717, 1.165) is 30.8 Å². The minimum atomic E-state index is -0.0918. The van der Waals surface area contributed by atoms with Crippen LogP contribution in [0.5, 0.6) is 5.75 Å². The van der Waals surface area contributed by atoms with E-state index < -0.39 is 0 Å². The van der Waals surface area contributed by atoms with Gasteiger partial charge in [-0.2, -0.15) is 0 Å². The normalized spacial score (nSPS) is 17.0. The van der Waals surface area contributed by atoms with E-state index >= 15 is 0 Å². The minimum absolute atomic E-state index is 0.0918. The molecule has 1 aromatic rings. The highest BCUT2D eigenvalue weighted by Gasteiger charge is 2.29. The summed E-state index contributed by atoms with van der Waals surface area (Å²) in [6.45, 7) is 4.67. The summed E-state index contributed by atoms with van der Waals surface area (Å²) in [7, 11) is 3.42. The lowest BCUT2D eigenvalue weighted by Crippen LogP contribution is -2.41. The van der Waals surface area contributed by atoms with E-state index in [4.69, 9.17) is 4.74 Å². The van der Waals surface area contributed by atoms with Crippen LogP contribution in [0, 0.1) is 5.92 Å². The van der Waals surface area contributed by atoms with Gasteiger partial charge in [-0.1, -0.05) is 12.1 Å². The number of hydrogen-bond donors (Lipinski definition) is 1. The Kier molecular flexibility index (Phi) is 6.46. The summed E-state index contributed by atoms with van der Waals surface area (Å²) in [4.78, 5) is 27.4. The van der Waals surface area contributed by atoms with Gasteiger partial charge in [-0.3, -0.25) is 4.79 Å². The van der Waals surface area contributed by atoms with Gasteiger partial charge in [0.05, 0.1) is 7.11 Å². The number of urea groups is 1. The second-order valence-electron chi connectivity index (χ2n) is 6.21. The maximum Gasteiger partial charge on any atom is 0.317 e. The SMILES string of the molecule is CCN1C[C@@H](CN(C)C(=O)NCCc2ccc(OC)cc2)CC1=O. The molecule has 1 saturated heterocycles. The lowest BCUT2D eigenvalue weighted by molar-refractivity contribution is -0.127. The second kappa shape index (κ2) is 8.57. The number of carbonyl (C=O) groups is 2. The predicted octanol–water partition coefficient (Wildman–Crippen LogP) is 1.75. The number of rotatable bonds is 7. The van der Waals surface area contributed by atoms with Gasteiger partial charge < -0.3 is 19.9 Å². The van der Waals surface area contributed by atoms with Gasteiger partial charge in [0.25, 0.3) is 0 Å². The van der Waals surface area contributed by atoms with Crippen LogP contribution in [0.1, 0.15) is 18.9 Å².